The van der Waals surface area contributed by atoms with Crippen molar-refractivity contribution in [3.63, 3.8) is 0 Å². The number of carbonyl (C=O) groups excluding carboxylic acids is 1. The number of nitrogens with one attached hydrogen (secondary N) is 1. The molecule has 2 aliphatic rings. The van der Waals surface area contributed by atoms with Crippen LogP contribution in [0.5, 0.6) is 0 Å². The highest BCUT2D eigenvalue weighted by atomic mass is 16.3. The lowest BCUT2D eigenvalue weighted by Crippen LogP contribution is -2.42. The van der Waals surface area contributed by atoms with Crippen molar-refractivity contribution in [1.29, 1.82) is 0 Å². The van der Waals surface area contributed by atoms with E-state index in [2.05, 4.69) is 15.1 Å². The lowest BCUT2D eigenvalue weighted by atomic mass is 9.95. The molecule has 2 aliphatic heterocycles. The van der Waals surface area contributed by atoms with Gasteiger partial charge in [-0.15, -0.1) is 0 Å². The molecule has 152 valence electrons. The summed E-state index contributed by atoms with van der Waals surface area (Å²) in [5.41, 5.74) is 1.96. The molecule has 2 fully saturated rings. The summed E-state index contributed by atoms with van der Waals surface area (Å²) in [5, 5.41) is 33.4. The Kier molecular flexibility index (Phi) is 8.21. The fourth-order valence-corrected chi connectivity index (χ4v) is 3.89. The van der Waals surface area contributed by atoms with E-state index in [9.17, 15) is 9.90 Å². The second-order valence-corrected chi connectivity index (χ2v) is 7.26. The van der Waals surface area contributed by atoms with Crippen molar-refractivity contribution in [3.05, 3.63) is 17.5 Å². The molecule has 0 saturated carbocycles. The van der Waals surface area contributed by atoms with E-state index in [0.29, 0.717) is 26.1 Å². The third-order valence-corrected chi connectivity index (χ3v) is 5.30. The van der Waals surface area contributed by atoms with Crippen molar-refractivity contribution in [2.75, 3.05) is 39.3 Å². The average Bonchev–Trinajstić information content (AvgIpc) is 3.22. The molecule has 0 aliphatic carbocycles. The molecule has 0 bridgehead atoms. The summed E-state index contributed by atoms with van der Waals surface area (Å²) >= 11 is 0. The predicted octanol–water partition coefficient (Wildman–Crippen LogP) is -0.515. The molecule has 1 amide bonds. The van der Waals surface area contributed by atoms with Gasteiger partial charge in [0.05, 0.1) is 18.4 Å². The van der Waals surface area contributed by atoms with Gasteiger partial charge in [-0.3, -0.25) is 14.7 Å². The number of aliphatic hydroxyl groups is 2. The molecule has 0 spiro atoms. The second kappa shape index (κ2) is 10.4. The minimum absolute atomic E-state index is 0.0542. The molecular formula is C18H30N4O5. The van der Waals surface area contributed by atoms with Gasteiger partial charge < -0.3 is 25.1 Å². The van der Waals surface area contributed by atoms with Crippen LogP contribution in [0.15, 0.2) is 6.07 Å². The molecule has 0 radical (unpaired) electrons. The Bertz CT molecular complexity index is 600. The van der Waals surface area contributed by atoms with Crippen molar-refractivity contribution in [2.45, 2.75) is 32.3 Å². The Hall–Kier alpha value is -1.97. The van der Waals surface area contributed by atoms with Crippen molar-refractivity contribution in [2.24, 2.45) is 11.8 Å². The summed E-state index contributed by atoms with van der Waals surface area (Å²) in [5.74, 6) is 0.294. The lowest BCUT2D eigenvalue weighted by Gasteiger charge is -2.32. The minimum atomic E-state index is -0.472. The Morgan fingerprint density at radius 2 is 2.04 bits per heavy atom. The first-order valence-electron chi connectivity index (χ1n) is 9.37. The zero-order chi connectivity index (χ0) is 19.8. The standard InChI is InChI=1S/C17H28N4O3.CH2O2/c1-12-8-15(19-18-12)9-14-10-21(11-16(14)23)17(24)13-2-4-20(5-3-13)6-7-22;2-1-3/h8,13-14,16,22-23H,2-7,9-11H2,1H3,(H,18,19);1H,(H,2,3)/t14-,16-;/m1./s1. The maximum Gasteiger partial charge on any atom is 0.290 e. The average molecular weight is 382 g/mol. The molecule has 0 aromatic carbocycles. The number of nitrogens with zero attached hydrogens (tertiary/aromatic N) is 3. The van der Waals surface area contributed by atoms with Crippen LogP contribution in [0.25, 0.3) is 0 Å². The van der Waals surface area contributed by atoms with Gasteiger partial charge >= 0.3 is 0 Å². The number of aryl methyl sites for hydroxylation is 1. The number of hydrogen-bond acceptors (Lipinski definition) is 6. The SMILES string of the molecule is Cc1cc(C[C@@H]2CN(C(=O)C3CCN(CCO)CC3)C[C@H]2O)n[nH]1.O=CO. The number of aromatic amines is 1. The summed E-state index contributed by atoms with van der Waals surface area (Å²) in [7, 11) is 0. The number of carboxylic acid groups (broad SMARTS) is 1. The maximum atomic E-state index is 12.7. The number of β-amino-alcohol motifs (C(OH)–C–C–N with tert-alkyl or cyclic N) is 2. The number of carbonyl (C=O) groups is 2. The number of rotatable bonds is 5. The number of likely N-dealkylation sites (tertiary alicyclic amines) is 2. The Labute approximate surface area is 159 Å². The van der Waals surface area contributed by atoms with Crippen LogP contribution in [0.2, 0.25) is 0 Å². The smallest absolute Gasteiger partial charge is 0.290 e. The number of amides is 1. The van der Waals surface area contributed by atoms with Gasteiger partial charge in [-0.25, -0.2) is 0 Å². The van der Waals surface area contributed by atoms with Crippen LogP contribution in [0.1, 0.15) is 24.2 Å². The third-order valence-electron chi connectivity index (χ3n) is 5.30. The van der Waals surface area contributed by atoms with E-state index in [1.54, 1.807) is 0 Å². The van der Waals surface area contributed by atoms with Crippen LogP contribution in [0.3, 0.4) is 0 Å². The van der Waals surface area contributed by atoms with Crippen molar-refractivity contribution in [3.8, 4) is 0 Å². The largest absolute Gasteiger partial charge is 0.483 e. The van der Waals surface area contributed by atoms with E-state index >= 15 is 0 Å². The van der Waals surface area contributed by atoms with Gasteiger partial charge in [0.15, 0.2) is 0 Å². The molecule has 2 atom stereocenters. The van der Waals surface area contributed by atoms with Crippen LogP contribution in [0, 0.1) is 18.8 Å². The molecule has 9 nitrogen and oxygen atoms in total. The topological polar surface area (TPSA) is 130 Å². The number of piperidine rings is 1. The first-order chi connectivity index (χ1) is 13.0. The fraction of sp³-hybridized carbons (Fsp3) is 0.722. The third kappa shape index (κ3) is 6.02. The summed E-state index contributed by atoms with van der Waals surface area (Å²) in [6, 6.07) is 1.99. The van der Waals surface area contributed by atoms with Gasteiger partial charge in [0.25, 0.3) is 6.47 Å². The molecule has 1 aromatic heterocycles. The summed E-state index contributed by atoms with van der Waals surface area (Å²) in [6.07, 6.45) is 1.91. The maximum absolute atomic E-state index is 12.7. The summed E-state index contributed by atoms with van der Waals surface area (Å²) < 4.78 is 0. The predicted molar refractivity (Wildman–Crippen MR) is 98.0 cm³/mol. The van der Waals surface area contributed by atoms with Crippen LogP contribution in [-0.2, 0) is 16.0 Å². The number of aromatic nitrogens is 2. The van der Waals surface area contributed by atoms with Crippen molar-refractivity contribution < 1.29 is 24.9 Å². The van der Waals surface area contributed by atoms with Crippen molar-refractivity contribution in [1.82, 2.24) is 20.0 Å². The van der Waals surface area contributed by atoms with Crippen LogP contribution in [0.4, 0.5) is 0 Å². The van der Waals surface area contributed by atoms with Gasteiger partial charge in [0, 0.05) is 37.2 Å². The fourth-order valence-electron chi connectivity index (χ4n) is 3.89. The Balaban J connectivity index is 0.000000817. The Morgan fingerprint density at radius 3 is 2.59 bits per heavy atom. The second-order valence-electron chi connectivity index (χ2n) is 7.26. The first kappa shape index (κ1) is 21.3. The molecule has 4 N–H and O–H groups in total. The van der Waals surface area contributed by atoms with E-state index in [1.165, 1.54) is 0 Å². The normalized spacial score (nSPS) is 23.7. The highest BCUT2D eigenvalue weighted by molar-refractivity contribution is 5.79. The highest BCUT2D eigenvalue weighted by Gasteiger charge is 2.37. The summed E-state index contributed by atoms with van der Waals surface area (Å²) in [6.45, 7) is 5.35. The molecule has 3 rings (SSSR count). The molecule has 27 heavy (non-hydrogen) atoms. The zero-order valence-corrected chi connectivity index (χ0v) is 15.8. The molecular weight excluding hydrogens is 352 g/mol. The monoisotopic (exact) mass is 382 g/mol. The molecule has 1 aromatic rings. The molecule has 9 heteroatoms. The molecule has 0 unspecified atom stereocenters. The van der Waals surface area contributed by atoms with Crippen molar-refractivity contribution >= 4 is 12.4 Å². The zero-order valence-electron chi connectivity index (χ0n) is 15.8. The van der Waals surface area contributed by atoms with Crippen LogP contribution < -0.4 is 0 Å². The number of aliphatic hydroxyl groups excluding tert-OH is 2. The van der Waals surface area contributed by atoms with E-state index in [1.807, 2.05) is 17.9 Å². The van der Waals surface area contributed by atoms with Gasteiger partial charge in [-0.1, -0.05) is 0 Å². The molecule has 2 saturated heterocycles. The van der Waals surface area contributed by atoms with E-state index in [0.717, 1.165) is 37.3 Å². The highest BCUT2D eigenvalue weighted by Crippen LogP contribution is 2.26. The first-order valence-corrected chi connectivity index (χ1v) is 9.37. The van der Waals surface area contributed by atoms with E-state index < -0.39 is 6.10 Å². The van der Waals surface area contributed by atoms with Crippen LogP contribution >= 0.6 is 0 Å². The number of H-pyrrole nitrogens is 1. The Morgan fingerprint density at radius 1 is 1.37 bits per heavy atom. The molecule has 3 heterocycles. The van der Waals surface area contributed by atoms with E-state index in [4.69, 9.17) is 15.0 Å². The van der Waals surface area contributed by atoms with Gasteiger partial charge in [0.2, 0.25) is 5.91 Å². The quantitative estimate of drug-likeness (QED) is 0.504. The lowest BCUT2D eigenvalue weighted by molar-refractivity contribution is -0.136. The number of hydrogen-bond donors (Lipinski definition) is 4. The van der Waals surface area contributed by atoms with Gasteiger partial charge in [-0.2, -0.15) is 5.10 Å². The van der Waals surface area contributed by atoms with Gasteiger partial charge in [0.1, 0.15) is 0 Å². The van der Waals surface area contributed by atoms with Crippen LogP contribution in [-0.4, -0.2) is 93.1 Å². The van der Waals surface area contributed by atoms with E-state index in [-0.39, 0.29) is 30.8 Å². The van der Waals surface area contributed by atoms with Gasteiger partial charge in [-0.05, 0) is 45.3 Å². The summed E-state index contributed by atoms with van der Waals surface area (Å²) in [4.78, 5) is 25.1. The minimum Gasteiger partial charge on any atom is -0.483 e.